The van der Waals surface area contributed by atoms with E-state index >= 15 is 0 Å². The highest BCUT2D eigenvalue weighted by molar-refractivity contribution is 5.44. The van der Waals surface area contributed by atoms with Gasteiger partial charge in [-0.3, -0.25) is 0 Å². The van der Waals surface area contributed by atoms with Crippen molar-refractivity contribution >= 4 is 11.6 Å². The Morgan fingerprint density at radius 2 is 2.06 bits per heavy atom. The summed E-state index contributed by atoms with van der Waals surface area (Å²) < 4.78 is 5.47. The van der Waals surface area contributed by atoms with Crippen molar-refractivity contribution in [1.29, 1.82) is 0 Å². The van der Waals surface area contributed by atoms with E-state index in [0.29, 0.717) is 24.1 Å². The standard InChI is InChI=1S/C12H17N5O/c1-4-10-16-9(13)5-11(17-10)14-6-12-15-7(2)8(3)18-12/h5H,4,6H2,1-3H3,(H3,13,14,16,17). The van der Waals surface area contributed by atoms with E-state index < -0.39 is 0 Å². The Labute approximate surface area is 106 Å². The van der Waals surface area contributed by atoms with Crippen LogP contribution in [0.15, 0.2) is 10.5 Å². The van der Waals surface area contributed by atoms with Gasteiger partial charge in [0, 0.05) is 12.5 Å². The molecule has 6 heteroatoms. The van der Waals surface area contributed by atoms with Crippen LogP contribution >= 0.6 is 0 Å². The number of nitrogens with two attached hydrogens (primary N) is 1. The molecule has 2 aromatic heterocycles. The molecule has 0 aromatic carbocycles. The molecule has 0 aliphatic rings. The number of hydrogen-bond donors (Lipinski definition) is 2. The number of anilines is 2. The topological polar surface area (TPSA) is 89.9 Å². The second kappa shape index (κ2) is 5.03. The van der Waals surface area contributed by atoms with E-state index in [-0.39, 0.29) is 0 Å². The number of nitrogens with one attached hydrogen (secondary N) is 1. The first-order valence-corrected chi connectivity index (χ1v) is 5.88. The number of nitrogen functional groups attached to an aromatic ring is 1. The molecule has 96 valence electrons. The Kier molecular flexibility index (Phi) is 3.45. The van der Waals surface area contributed by atoms with Gasteiger partial charge in [-0.25, -0.2) is 15.0 Å². The SMILES string of the molecule is CCc1nc(N)cc(NCc2nc(C)c(C)o2)n1. The second-order valence-corrected chi connectivity index (χ2v) is 4.05. The van der Waals surface area contributed by atoms with Crippen molar-refractivity contribution in [2.45, 2.75) is 33.7 Å². The molecule has 2 heterocycles. The fourth-order valence-corrected chi connectivity index (χ4v) is 1.55. The van der Waals surface area contributed by atoms with Crippen LogP contribution in [0.25, 0.3) is 0 Å². The van der Waals surface area contributed by atoms with E-state index in [9.17, 15) is 0 Å². The summed E-state index contributed by atoms with van der Waals surface area (Å²) in [5.74, 6) is 3.35. The quantitative estimate of drug-likeness (QED) is 0.856. The summed E-state index contributed by atoms with van der Waals surface area (Å²) in [7, 11) is 0. The van der Waals surface area contributed by atoms with Crippen molar-refractivity contribution < 1.29 is 4.42 Å². The molecule has 0 aliphatic heterocycles. The monoisotopic (exact) mass is 247 g/mol. The highest BCUT2D eigenvalue weighted by Gasteiger charge is 2.06. The third-order valence-corrected chi connectivity index (χ3v) is 2.60. The van der Waals surface area contributed by atoms with Gasteiger partial charge in [0.15, 0.2) is 0 Å². The lowest BCUT2D eigenvalue weighted by Crippen LogP contribution is -2.06. The molecular formula is C12H17N5O. The van der Waals surface area contributed by atoms with Gasteiger partial charge in [-0.05, 0) is 13.8 Å². The zero-order chi connectivity index (χ0) is 13.1. The van der Waals surface area contributed by atoms with Gasteiger partial charge in [-0.1, -0.05) is 6.92 Å². The van der Waals surface area contributed by atoms with Crippen LogP contribution in [0.5, 0.6) is 0 Å². The van der Waals surface area contributed by atoms with Crippen molar-refractivity contribution in [1.82, 2.24) is 15.0 Å². The minimum atomic E-state index is 0.462. The Bertz CT molecular complexity index is 530. The highest BCUT2D eigenvalue weighted by atomic mass is 16.4. The van der Waals surface area contributed by atoms with Gasteiger partial charge in [0.05, 0.1) is 12.2 Å². The molecule has 2 aromatic rings. The van der Waals surface area contributed by atoms with Crippen molar-refractivity contribution in [3.8, 4) is 0 Å². The molecule has 6 nitrogen and oxygen atoms in total. The number of rotatable bonds is 4. The number of aryl methyl sites for hydroxylation is 3. The molecule has 18 heavy (non-hydrogen) atoms. The van der Waals surface area contributed by atoms with Gasteiger partial charge < -0.3 is 15.5 Å². The van der Waals surface area contributed by atoms with Gasteiger partial charge in [0.1, 0.15) is 23.2 Å². The predicted molar refractivity (Wildman–Crippen MR) is 69.1 cm³/mol. The van der Waals surface area contributed by atoms with Crippen LogP contribution < -0.4 is 11.1 Å². The van der Waals surface area contributed by atoms with Crippen LogP contribution in [0.2, 0.25) is 0 Å². The summed E-state index contributed by atoms with van der Waals surface area (Å²) in [5, 5.41) is 3.13. The van der Waals surface area contributed by atoms with E-state index in [1.54, 1.807) is 6.07 Å². The minimum Gasteiger partial charge on any atom is -0.444 e. The number of hydrogen-bond acceptors (Lipinski definition) is 6. The first kappa shape index (κ1) is 12.3. The summed E-state index contributed by atoms with van der Waals surface area (Å²) in [6, 6.07) is 1.70. The number of nitrogens with zero attached hydrogens (tertiary/aromatic N) is 3. The molecule has 0 saturated carbocycles. The first-order valence-electron chi connectivity index (χ1n) is 5.88. The van der Waals surface area contributed by atoms with Crippen molar-refractivity contribution in [2.24, 2.45) is 0 Å². The average molecular weight is 247 g/mol. The van der Waals surface area contributed by atoms with Gasteiger partial charge in [0.25, 0.3) is 0 Å². The van der Waals surface area contributed by atoms with Gasteiger partial charge >= 0.3 is 0 Å². The molecule has 0 radical (unpaired) electrons. The van der Waals surface area contributed by atoms with Crippen LogP contribution in [-0.4, -0.2) is 15.0 Å². The summed E-state index contributed by atoms with van der Waals surface area (Å²) in [5.41, 5.74) is 6.61. The molecule has 0 bridgehead atoms. The van der Waals surface area contributed by atoms with Crippen LogP contribution in [0.4, 0.5) is 11.6 Å². The highest BCUT2D eigenvalue weighted by Crippen LogP contribution is 2.12. The van der Waals surface area contributed by atoms with Crippen molar-refractivity contribution in [2.75, 3.05) is 11.1 Å². The third-order valence-electron chi connectivity index (χ3n) is 2.60. The van der Waals surface area contributed by atoms with Crippen molar-refractivity contribution in [3.05, 3.63) is 29.2 Å². The fraction of sp³-hybridized carbons (Fsp3) is 0.417. The van der Waals surface area contributed by atoms with Gasteiger partial charge in [-0.2, -0.15) is 0 Å². The maximum atomic E-state index is 5.70. The zero-order valence-electron chi connectivity index (χ0n) is 10.8. The maximum absolute atomic E-state index is 5.70. The van der Waals surface area contributed by atoms with Crippen LogP contribution in [-0.2, 0) is 13.0 Å². The van der Waals surface area contributed by atoms with Gasteiger partial charge in [-0.15, -0.1) is 0 Å². The lowest BCUT2D eigenvalue weighted by atomic mass is 10.4. The van der Waals surface area contributed by atoms with E-state index in [1.807, 2.05) is 20.8 Å². The molecule has 0 fully saturated rings. The van der Waals surface area contributed by atoms with E-state index in [0.717, 1.165) is 23.7 Å². The minimum absolute atomic E-state index is 0.462. The first-order chi connectivity index (χ1) is 8.58. The molecule has 0 unspecified atom stereocenters. The van der Waals surface area contributed by atoms with Crippen molar-refractivity contribution in [3.63, 3.8) is 0 Å². The van der Waals surface area contributed by atoms with Gasteiger partial charge in [0.2, 0.25) is 5.89 Å². The largest absolute Gasteiger partial charge is 0.444 e. The lowest BCUT2D eigenvalue weighted by molar-refractivity contribution is 0.478. The Balaban J connectivity index is 2.07. The molecule has 0 atom stereocenters. The predicted octanol–water partition coefficient (Wildman–Crippen LogP) is 1.84. The summed E-state index contributed by atoms with van der Waals surface area (Å²) >= 11 is 0. The van der Waals surface area contributed by atoms with E-state index in [1.165, 1.54) is 0 Å². The molecule has 0 saturated heterocycles. The summed E-state index contributed by atoms with van der Waals surface area (Å²) in [6.45, 7) is 6.28. The van der Waals surface area contributed by atoms with Crippen LogP contribution in [0.3, 0.4) is 0 Å². The molecular weight excluding hydrogens is 230 g/mol. The normalized spacial score (nSPS) is 10.6. The second-order valence-electron chi connectivity index (χ2n) is 4.05. The van der Waals surface area contributed by atoms with Crippen LogP contribution in [0.1, 0.15) is 30.1 Å². The summed E-state index contributed by atoms with van der Waals surface area (Å²) in [6.07, 6.45) is 0.747. The zero-order valence-corrected chi connectivity index (χ0v) is 10.8. The third kappa shape index (κ3) is 2.77. The average Bonchev–Trinajstić information content (AvgIpc) is 2.65. The van der Waals surface area contributed by atoms with E-state index in [2.05, 4.69) is 20.3 Å². The molecule has 0 spiro atoms. The molecule has 0 amide bonds. The molecule has 2 rings (SSSR count). The number of oxazole rings is 1. The molecule has 0 aliphatic carbocycles. The maximum Gasteiger partial charge on any atom is 0.213 e. The Hall–Kier alpha value is -2.11. The number of aromatic nitrogens is 3. The fourth-order valence-electron chi connectivity index (χ4n) is 1.55. The Morgan fingerprint density at radius 1 is 1.28 bits per heavy atom. The molecule has 3 N–H and O–H groups in total. The smallest absolute Gasteiger partial charge is 0.213 e. The van der Waals surface area contributed by atoms with E-state index in [4.69, 9.17) is 10.2 Å². The lowest BCUT2D eigenvalue weighted by Gasteiger charge is -2.05. The summed E-state index contributed by atoms with van der Waals surface area (Å²) in [4.78, 5) is 12.7. The van der Waals surface area contributed by atoms with Crippen LogP contribution in [0, 0.1) is 13.8 Å². The Morgan fingerprint density at radius 3 is 2.67 bits per heavy atom.